The van der Waals surface area contributed by atoms with Crippen molar-refractivity contribution in [3.63, 3.8) is 0 Å². The van der Waals surface area contributed by atoms with Crippen molar-refractivity contribution in [1.82, 2.24) is 20.5 Å². The van der Waals surface area contributed by atoms with E-state index in [1.807, 2.05) is 12.1 Å². The highest BCUT2D eigenvalue weighted by Crippen LogP contribution is 2.26. The molecule has 1 atom stereocenters. The minimum atomic E-state index is 0.268. The Morgan fingerprint density at radius 2 is 1.89 bits per heavy atom. The van der Waals surface area contributed by atoms with E-state index in [9.17, 15) is 0 Å². The van der Waals surface area contributed by atoms with E-state index in [0.717, 1.165) is 24.4 Å². The van der Waals surface area contributed by atoms with Gasteiger partial charge in [0.05, 0.1) is 6.04 Å². The fraction of sp³-hybridized carbons (Fsp3) is 0.385. The molecule has 0 saturated carbocycles. The summed E-state index contributed by atoms with van der Waals surface area (Å²) >= 11 is 12.0. The molecule has 2 aromatic rings. The van der Waals surface area contributed by atoms with Crippen LogP contribution in [-0.4, -0.2) is 21.7 Å². The maximum absolute atomic E-state index is 5.99. The van der Waals surface area contributed by atoms with Gasteiger partial charge >= 0.3 is 0 Å². The predicted octanol–water partition coefficient (Wildman–Crippen LogP) is 3.59. The molecule has 0 radical (unpaired) electrons. The maximum Gasteiger partial charge on any atom is 0.181 e. The van der Waals surface area contributed by atoms with E-state index in [2.05, 4.69) is 20.5 Å². The number of benzene rings is 1. The lowest BCUT2D eigenvalue weighted by atomic mass is 10.0. The van der Waals surface area contributed by atoms with Crippen LogP contribution in [0.2, 0.25) is 10.0 Å². The Labute approximate surface area is 121 Å². The maximum atomic E-state index is 5.99. The van der Waals surface area contributed by atoms with Gasteiger partial charge in [-0.1, -0.05) is 29.6 Å². The van der Waals surface area contributed by atoms with Crippen LogP contribution >= 0.6 is 23.2 Å². The average Bonchev–Trinajstić information content (AvgIpc) is 2.88. The molecule has 19 heavy (non-hydrogen) atoms. The highest BCUT2D eigenvalue weighted by atomic mass is 35.5. The fourth-order valence-corrected chi connectivity index (χ4v) is 2.85. The minimum absolute atomic E-state index is 0.268. The Kier molecular flexibility index (Phi) is 3.73. The number of nitrogens with zero attached hydrogens (tertiary/aromatic N) is 2. The van der Waals surface area contributed by atoms with Crippen LogP contribution in [-0.2, 0) is 0 Å². The van der Waals surface area contributed by atoms with Gasteiger partial charge in [-0.3, -0.25) is 5.10 Å². The fourth-order valence-electron chi connectivity index (χ4n) is 2.33. The number of rotatable bonds is 2. The summed E-state index contributed by atoms with van der Waals surface area (Å²) in [6, 6.07) is 5.59. The van der Waals surface area contributed by atoms with Gasteiger partial charge < -0.3 is 5.32 Å². The van der Waals surface area contributed by atoms with Gasteiger partial charge in [-0.25, -0.2) is 4.98 Å². The van der Waals surface area contributed by atoms with Crippen LogP contribution in [0.25, 0.3) is 11.4 Å². The number of piperidine rings is 1. The SMILES string of the molecule is Clc1cc(Cl)cc(-c2n[nH]c(C3CCCCN3)n2)c1. The summed E-state index contributed by atoms with van der Waals surface area (Å²) in [5, 5.41) is 11.9. The third kappa shape index (κ3) is 2.91. The van der Waals surface area contributed by atoms with Gasteiger partial charge in [-0.15, -0.1) is 0 Å². The Balaban J connectivity index is 1.87. The lowest BCUT2D eigenvalue weighted by Gasteiger charge is -2.20. The lowest BCUT2D eigenvalue weighted by molar-refractivity contribution is 0.398. The lowest BCUT2D eigenvalue weighted by Crippen LogP contribution is -2.27. The van der Waals surface area contributed by atoms with Crippen molar-refractivity contribution in [3.05, 3.63) is 34.1 Å². The highest BCUT2D eigenvalue weighted by molar-refractivity contribution is 6.35. The molecular weight excluding hydrogens is 283 g/mol. The van der Waals surface area contributed by atoms with Crippen LogP contribution in [0.1, 0.15) is 31.1 Å². The summed E-state index contributed by atoms with van der Waals surface area (Å²) < 4.78 is 0. The molecule has 0 amide bonds. The molecule has 0 spiro atoms. The Bertz CT molecular complexity index is 556. The van der Waals surface area contributed by atoms with Crippen molar-refractivity contribution < 1.29 is 0 Å². The molecule has 3 rings (SSSR count). The second-order valence-corrected chi connectivity index (χ2v) is 5.58. The summed E-state index contributed by atoms with van der Waals surface area (Å²) in [7, 11) is 0. The van der Waals surface area contributed by atoms with E-state index in [1.165, 1.54) is 12.8 Å². The smallest absolute Gasteiger partial charge is 0.181 e. The van der Waals surface area contributed by atoms with Gasteiger partial charge in [0.25, 0.3) is 0 Å². The first-order valence-electron chi connectivity index (χ1n) is 6.34. The van der Waals surface area contributed by atoms with Crippen LogP contribution in [0.5, 0.6) is 0 Å². The van der Waals surface area contributed by atoms with Crippen LogP contribution in [0.4, 0.5) is 0 Å². The zero-order chi connectivity index (χ0) is 13.2. The van der Waals surface area contributed by atoms with E-state index in [0.29, 0.717) is 15.9 Å². The first-order chi connectivity index (χ1) is 9.22. The van der Waals surface area contributed by atoms with Gasteiger partial charge in [0, 0.05) is 15.6 Å². The first-order valence-corrected chi connectivity index (χ1v) is 7.10. The number of nitrogens with one attached hydrogen (secondary N) is 2. The molecule has 2 N–H and O–H groups in total. The predicted molar refractivity (Wildman–Crippen MR) is 76.4 cm³/mol. The molecule has 6 heteroatoms. The average molecular weight is 297 g/mol. The molecular formula is C13H14Cl2N4. The molecule has 1 aromatic carbocycles. The standard InChI is InChI=1S/C13H14Cl2N4/c14-9-5-8(6-10(15)7-9)12-17-13(19-18-12)11-3-1-2-4-16-11/h5-7,11,16H,1-4H2,(H,17,18,19). The molecule has 1 aliphatic heterocycles. The zero-order valence-electron chi connectivity index (χ0n) is 10.3. The quantitative estimate of drug-likeness (QED) is 0.890. The van der Waals surface area contributed by atoms with Crippen molar-refractivity contribution in [2.24, 2.45) is 0 Å². The van der Waals surface area contributed by atoms with Crippen molar-refractivity contribution in [2.75, 3.05) is 6.54 Å². The summed E-state index contributed by atoms with van der Waals surface area (Å²) in [4.78, 5) is 4.54. The molecule has 1 aliphatic rings. The van der Waals surface area contributed by atoms with Crippen molar-refractivity contribution in [3.8, 4) is 11.4 Å². The largest absolute Gasteiger partial charge is 0.307 e. The molecule has 0 aliphatic carbocycles. The van der Waals surface area contributed by atoms with Gasteiger partial charge in [0.15, 0.2) is 5.82 Å². The van der Waals surface area contributed by atoms with E-state index < -0.39 is 0 Å². The van der Waals surface area contributed by atoms with Gasteiger partial charge in [0.2, 0.25) is 0 Å². The van der Waals surface area contributed by atoms with E-state index in [1.54, 1.807) is 6.07 Å². The van der Waals surface area contributed by atoms with Crippen LogP contribution in [0.15, 0.2) is 18.2 Å². The molecule has 1 unspecified atom stereocenters. The third-order valence-electron chi connectivity index (χ3n) is 3.26. The molecule has 1 aromatic heterocycles. The number of aromatic amines is 1. The molecule has 4 nitrogen and oxygen atoms in total. The van der Waals surface area contributed by atoms with E-state index >= 15 is 0 Å². The van der Waals surface area contributed by atoms with Crippen LogP contribution in [0.3, 0.4) is 0 Å². The second kappa shape index (κ2) is 5.49. The van der Waals surface area contributed by atoms with Gasteiger partial charge in [0.1, 0.15) is 5.82 Å². The van der Waals surface area contributed by atoms with Crippen LogP contribution in [0, 0.1) is 0 Å². The summed E-state index contributed by atoms with van der Waals surface area (Å²) in [6.07, 6.45) is 3.53. The summed E-state index contributed by atoms with van der Waals surface area (Å²) in [5.41, 5.74) is 0.829. The van der Waals surface area contributed by atoms with Gasteiger partial charge in [-0.2, -0.15) is 5.10 Å². The van der Waals surface area contributed by atoms with E-state index in [-0.39, 0.29) is 6.04 Å². The second-order valence-electron chi connectivity index (χ2n) is 4.70. The molecule has 0 bridgehead atoms. The monoisotopic (exact) mass is 296 g/mol. The van der Waals surface area contributed by atoms with Crippen LogP contribution < -0.4 is 5.32 Å². The highest BCUT2D eigenvalue weighted by Gasteiger charge is 2.19. The summed E-state index contributed by atoms with van der Waals surface area (Å²) in [5.74, 6) is 1.51. The van der Waals surface area contributed by atoms with Gasteiger partial charge in [-0.05, 0) is 37.6 Å². The minimum Gasteiger partial charge on any atom is -0.307 e. The Morgan fingerprint density at radius 3 is 2.58 bits per heavy atom. The number of H-pyrrole nitrogens is 1. The zero-order valence-corrected chi connectivity index (χ0v) is 11.8. The number of hydrogen-bond donors (Lipinski definition) is 2. The van der Waals surface area contributed by atoms with Crippen molar-refractivity contribution in [1.29, 1.82) is 0 Å². The normalized spacial score (nSPS) is 19.6. The third-order valence-corrected chi connectivity index (χ3v) is 3.70. The van der Waals surface area contributed by atoms with Crippen molar-refractivity contribution >= 4 is 23.2 Å². The topological polar surface area (TPSA) is 53.6 Å². The molecule has 2 heterocycles. The van der Waals surface area contributed by atoms with Crippen molar-refractivity contribution in [2.45, 2.75) is 25.3 Å². The number of aromatic nitrogens is 3. The molecule has 1 saturated heterocycles. The number of hydrogen-bond acceptors (Lipinski definition) is 3. The Hall–Kier alpha value is -1.10. The van der Waals surface area contributed by atoms with E-state index in [4.69, 9.17) is 23.2 Å². The molecule has 1 fully saturated rings. The first kappa shape index (κ1) is 12.9. The summed E-state index contributed by atoms with van der Waals surface area (Å²) in [6.45, 7) is 1.03. The Morgan fingerprint density at radius 1 is 1.11 bits per heavy atom. The number of halogens is 2. The molecule has 100 valence electrons.